The number of fused-ring (bicyclic) bond motifs is 1. The minimum absolute atomic E-state index is 0.0190. The zero-order valence-corrected chi connectivity index (χ0v) is 21.4. The number of amides is 1. The summed E-state index contributed by atoms with van der Waals surface area (Å²) in [5.41, 5.74) is 5.72. The molecule has 3 atom stereocenters. The molecule has 0 bridgehead atoms. The standard InChI is InChI=1S/C25H21Cl2NO.C4H8O2/c1-15(2)19-8-13-22-23(14-19)25(29)28(16(3)17-4-9-20(26)10-5-17)24(22)18-6-11-21(27)12-7-18;5-4-1-2-6-3-4/h4-14,16,24H,1H2,2-3H3;4-5H,1-3H2/t;4-/m.0/s1. The molecule has 0 spiro atoms. The van der Waals surface area contributed by atoms with Crippen LogP contribution in [0.25, 0.3) is 5.57 Å². The first-order valence-corrected chi connectivity index (χ1v) is 12.4. The monoisotopic (exact) mass is 509 g/mol. The smallest absolute Gasteiger partial charge is 0.255 e. The van der Waals surface area contributed by atoms with Crippen LogP contribution in [0, 0.1) is 0 Å². The molecule has 0 radical (unpaired) electrons. The second-order valence-corrected chi connectivity index (χ2v) is 9.87. The first kappa shape index (κ1) is 25.5. The molecule has 1 saturated heterocycles. The number of aliphatic hydroxyl groups excluding tert-OH is 1. The van der Waals surface area contributed by atoms with E-state index in [0.717, 1.165) is 46.4 Å². The van der Waals surface area contributed by atoms with E-state index in [9.17, 15) is 4.79 Å². The lowest BCUT2D eigenvalue weighted by atomic mass is 9.94. The lowest BCUT2D eigenvalue weighted by Crippen LogP contribution is -2.31. The number of carbonyl (C=O) groups excluding carboxylic acids is 1. The summed E-state index contributed by atoms with van der Waals surface area (Å²) in [4.78, 5) is 15.5. The molecule has 2 aliphatic heterocycles. The molecule has 2 aliphatic rings. The summed E-state index contributed by atoms with van der Waals surface area (Å²) in [6.07, 6.45) is 0.644. The van der Waals surface area contributed by atoms with Crippen LogP contribution in [0.2, 0.25) is 10.0 Å². The Bertz CT molecular complexity index is 1200. The number of benzene rings is 3. The van der Waals surface area contributed by atoms with E-state index in [0.29, 0.717) is 16.7 Å². The molecule has 0 aromatic heterocycles. The third kappa shape index (κ3) is 5.62. The number of aliphatic hydroxyl groups is 1. The van der Waals surface area contributed by atoms with Gasteiger partial charge in [-0.3, -0.25) is 4.79 Å². The summed E-state index contributed by atoms with van der Waals surface area (Å²) in [5, 5.41) is 9.96. The fourth-order valence-corrected chi connectivity index (χ4v) is 4.71. The Hall–Kier alpha value is -2.63. The van der Waals surface area contributed by atoms with Crippen molar-refractivity contribution in [2.45, 2.75) is 38.5 Å². The molecular weight excluding hydrogens is 481 g/mol. The van der Waals surface area contributed by atoms with Crippen molar-refractivity contribution in [3.05, 3.63) is 111 Å². The summed E-state index contributed by atoms with van der Waals surface area (Å²) >= 11 is 12.2. The molecule has 182 valence electrons. The van der Waals surface area contributed by atoms with Gasteiger partial charge in [0.25, 0.3) is 5.91 Å². The van der Waals surface area contributed by atoms with E-state index in [1.807, 2.05) is 78.6 Å². The third-order valence-corrected chi connectivity index (χ3v) is 6.95. The van der Waals surface area contributed by atoms with Gasteiger partial charge in [0, 0.05) is 22.2 Å². The first-order valence-electron chi connectivity index (χ1n) is 11.7. The molecule has 0 aliphatic carbocycles. The van der Waals surface area contributed by atoms with E-state index in [1.54, 1.807) is 0 Å². The maximum atomic E-state index is 13.5. The summed E-state index contributed by atoms with van der Waals surface area (Å²) in [5.74, 6) is 0.0190. The molecule has 3 aromatic carbocycles. The quantitative estimate of drug-likeness (QED) is 0.407. The fraction of sp³-hybridized carbons (Fsp3) is 0.276. The maximum absolute atomic E-state index is 13.5. The van der Waals surface area contributed by atoms with Crippen LogP contribution in [0.5, 0.6) is 0 Å². The van der Waals surface area contributed by atoms with Gasteiger partial charge in [-0.2, -0.15) is 0 Å². The summed E-state index contributed by atoms with van der Waals surface area (Å²) in [7, 11) is 0. The van der Waals surface area contributed by atoms with Crippen molar-refractivity contribution < 1.29 is 14.6 Å². The van der Waals surface area contributed by atoms with Crippen molar-refractivity contribution in [1.29, 1.82) is 0 Å². The number of carbonyl (C=O) groups is 1. The lowest BCUT2D eigenvalue weighted by Gasteiger charge is -2.32. The molecule has 5 rings (SSSR count). The van der Waals surface area contributed by atoms with Crippen LogP contribution in [0.4, 0.5) is 0 Å². The van der Waals surface area contributed by atoms with Gasteiger partial charge in [0.1, 0.15) is 0 Å². The number of allylic oxidation sites excluding steroid dienone is 1. The molecule has 1 fully saturated rings. The normalized spacial score (nSPS) is 19.7. The molecule has 2 heterocycles. The van der Waals surface area contributed by atoms with E-state index >= 15 is 0 Å². The Morgan fingerprint density at radius 2 is 1.69 bits per heavy atom. The van der Waals surface area contributed by atoms with Gasteiger partial charge >= 0.3 is 0 Å². The number of halogens is 2. The SMILES string of the molecule is C=C(C)c1ccc2c(c1)C(=O)N(C(C)c1ccc(Cl)cc1)C2c1ccc(Cl)cc1.O[C@H]1CCOC1. The van der Waals surface area contributed by atoms with E-state index in [2.05, 4.69) is 13.5 Å². The highest BCUT2D eigenvalue weighted by atomic mass is 35.5. The van der Waals surface area contributed by atoms with E-state index in [1.165, 1.54) is 0 Å². The van der Waals surface area contributed by atoms with Gasteiger partial charge in [-0.15, -0.1) is 0 Å². The van der Waals surface area contributed by atoms with Gasteiger partial charge in [0.05, 0.1) is 24.8 Å². The Kier molecular flexibility index (Phi) is 7.98. The minimum Gasteiger partial charge on any atom is -0.391 e. The lowest BCUT2D eigenvalue weighted by molar-refractivity contribution is 0.0676. The van der Waals surface area contributed by atoms with Crippen LogP contribution >= 0.6 is 23.2 Å². The average Bonchev–Trinajstić information content (AvgIpc) is 3.44. The topological polar surface area (TPSA) is 49.8 Å². The number of hydrogen-bond acceptors (Lipinski definition) is 3. The summed E-state index contributed by atoms with van der Waals surface area (Å²) in [6, 6.07) is 21.1. The van der Waals surface area contributed by atoms with Gasteiger partial charge in [-0.05, 0) is 72.9 Å². The highest BCUT2D eigenvalue weighted by Crippen LogP contribution is 2.44. The third-order valence-electron chi connectivity index (χ3n) is 6.44. The van der Waals surface area contributed by atoms with Gasteiger partial charge in [0.2, 0.25) is 0 Å². The largest absolute Gasteiger partial charge is 0.391 e. The van der Waals surface area contributed by atoms with E-state index in [-0.39, 0.29) is 24.1 Å². The zero-order valence-electron chi connectivity index (χ0n) is 19.9. The zero-order chi connectivity index (χ0) is 25.1. The molecule has 4 nitrogen and oxygen atoms in total. The van der Waals surface area contributed by atoms with Crippen LogP contribution < -0.4 is 0 Å². The van der Waals surface area contributed by atoms with Gasteiger partial charge in [-0.25, -0.2) is 0 Å². The molecule has 3 aromatic rings. The van der Waals surface area contributed by atoms with E-state index < -0.39 is 0 Å². The summed E-state index contributed by atoms with van der Waals surface area (Å²) in [6.45, 7) is 9.30. The van der Waals surface area contributed by atoms with Crippen LogP contribution in [-0.2, 0) is 4.74 Å². The molecule has 1 amide bonds. The molecule has 35 heavy (non-hydrogen) atoms. The van der Waals surface area contributed by atoms with Gasteiger partial charge in [-0.1, -0.05) is 71.8 Å². The molecule has 6 heteroatoms. The van der Waals surface area contributed by atoms with Crippen molar-refractivity contribution in [2.24, 2.45) is 0 Å². The van der Waals surface area contributed by atoms with Crippen LogP contribution in [-0.4, -0.2) is 35.2 Å². The molecule has 0 saturated carbocycles. The van der Waals surface area contributed by atoms with Crippen LogP contribution in [0.3, 0.4) is 0 Å². The van der Waals surface area contributed by atoms with Crippen LogP contribution in [0.15, 0.2) is 73.3 Å². The Balaban J connectivity index is 0.000000421. The van der Waals surface area contributed by atoms with Crippen molar-refractivity contribution in [2.75, 3.05) is 13.2 Å². The van der Waals surface area contributed by atoms with Crippen molar-refractivity contribution in [3.8, 4) is 0 Å². The van der Waals surface area contributed by atoms with Crippen molar-refractivity contribution in [1.82, 2.24) is 4.90 Å². The summed E-state index contributed by atoms with van der Waals surface area (Å²) < 4.78 is 4.81. The first-order chi connectivity index (χ1) is 16.8. The predicted octanol–water partition coefficient (Wildman–Crippen LogP) is 7.10. The van der Waals surface area contributed by atoms with E-state index in [4.69, 9.17) is 33.0 Å². The van der Waals surface area contributed by atoms with Crippen molar-refractivity contribution >= 4 is 34.7 Å². The van der Waals surface area contributed by atoms with Crippen LogP contribution in [0.1, 0.15) is 65.0 Å². The highest BCUT2D eigenvalue weighted by molar-refractivity contribution is 6.30. The average molecular weight is 510 g/mol. The van der Waals surface area contributed by atoms with Gasteiger partial charge in [0.15, 0.2) is 0 Å². The molecule has 2 unspecified atom stereocenters. The van der Waals surface area contributed by atoms with Crippen molar-refractivity contribution in [3.63, 3.8) is 0 Å². The second-order valence-electron chi connectivity index (χ2n) is 8.99. The Morgan fingerprint density at radius 1 is 1.06 bits per heavy atom. The minimum atomic E-state index is -0.181. The number of nitrogens with zero attached hydrogens (tertiary/aromatic N) is 1. The maximum Gasteiger partial charge on any atom is 0.255 e. The molecular formula is C29H29Cl2NO3. The number of hydrogen-bond donors (Lipinski definition) is 1. The molecule has 1 N–H and O–H groups in total. The number of rotatable bonds is 4. The Morgan fingerprint density at radius 3 is 2.20 bits per heavy atom. The van der Waals surface area contributed by atoms with Gasteiger partial charge < -0.3 is 14.7 Å². The highest BCUT2D eigenvalue weighted by Gasteiger charge is 2.40. The second kappa shape index (κ2) is 11.0. The Labute approximate surface area is 216 Å². The fourth-order valence-electron chi connectivity index (χ4n) is 4.46. The number of ether oxygens (including phenoxy) is 1. The predicted molar refractivity (Wildman–Crippen MR) is 142 cm³/mol.